The number of primary amides is 1. The number of rotatable bonds is 16. The van der Waals surface area contributed by atoms with E-state index in [1.54, 1.807) is 44.2 Å². The van der Waals surface area contributed by atoms with Gasteiger partial charge < -0.3 is 38.3 Å². The third-order valence-electron chi connectivity index (χ3n) is 5.48. The SMILES string of the molecule is CC(C)C(NC(=O)C(CCCCN)NC(=O)C(N)CC(N)=O)C(=O)NC(Cc1ccccc1)C(=O)O. The largest absolute Gasteiger partial charge is 0.480 e. The summed E-state index contributed by atoms with van der Waals surface area (Å²) >= 11 is 0. The smallest absolute Gasteiger partial charge is 0.326 e. The Morgan fingerprint density at radius 2 is 1.50 bits per heavy atom. The summed E-state index contributed by atoms with van der Waals surface area (Å²) in [6, 6.07) is 4.29. The molecule has 4 unspecified atom stereocenters. The monoisotopic (exact) mass is 506 g/mol. The van der Waals surface area contributed by atoms with Crippen LogP contribution in [0.1, 0.15) is 45.1 Å². The van der Waals surface area contributed by atoms with Gasteiger partial charge in [0, 0.05) is 6.42 Å². The number of unbranched alkanes of at least 4 members (excludes halogenated alkanes) is 1. The number of nitrogens with two attached hydrogens (primary N) is 3. The molecule has 0 heterocycles. The van der Waals surface area contributed by atoms with Gasteiger partial charge in [0.05, 0.1) is 12.5 Å². The van der Waals surface area contributed by atoms with Crippen molar-refractivity contribution in [1.82, 2.24) is 16.0 Å². The van der Waals surface area contributed by atoms with E-state index in [1.165, 1.54) is 0 Å². The Morgan fingerprint density at radius 1 is 0.889 bits per heavy atom. The van der Waals surface area contributed by atoms with Crippen LogP contribution in [0.15, 0.2) is 30.3 Å². The van der Waals surface area contributed by atoms with Crippen LogP contribution >= 0.6 is 0 Å². The van der Waals surface area contributed by atoms with Crippen molar-refractivity contribution in [2.75, 3.05) is 6.54 Å². The van der Waals surface area contributed by atoms with Crippen molar-refractivity contribution in [3.05, 3.63) is 35.9 Å². The molecule has 12 heteroatoms. The molecule has 1 aromatic carbocycles. The lowest BCUT2D eigenvalue weighted by molar-refractivity contribution is -0.142. The molecule has 1 aromatic rings. The van der Waals surface area contributed by atoms with Gasteiger partial charge in [-0.2, -0.15) is 0 Å². The molecule has 0 fully saturated rings. The minimum Gasteiger partial charge on any atom is -0.480 e. The maximum atomic E-state index is 13.1. The molecule has 0 aliphatic heterocycles. The molecule has 12 nitrogen and oxygen atoms in total. The Kier molecular flexibility index (Phi) is 13.1. The van der Waals surface area contributed by atoms with Gasteiger partial charge in [0.1, 0.15) is 18.1 Å². The fourth-order valence-corrected chi connectivity index (χ4v) is 3.45. The average molecular weight is 507 g/mol. The lowest BCUT2D eigenvalue weighted by atomic mass is 10.00. The zero-order chi connectivity index (χ0) is 27.3. The summed E-state index contributed by atoms with van der Waals surface area (Å²) in [6.07, 6.45) is 1.00. The van der Waals surface area contributed by atoms with Crippen molar-refractivity contribution in [3.63, 3.8) is 0 Å². The molecule has 4 amide bonds. The third-order valence-corrected chi connectivity index (χ3v) is 5.48. The molecule has 10 N–H and O–H groups in total. The summed E-state index contributed by atoms with van der Waals surface area (Å²) in [5.74, 6) is -4.41. The van der Waals surface area contributed by atoms with E-state index in [0.29, 0.717) is 19.4 Å². The topological polar surface area (TPSA) is 220 Å². The quantitative estimate of drug-likeness (QED) is 0.134. The molecule has 0 aliphatic carbocycles. The number of carboxylic acids is 1. The summed E-state index contributed by atoms with van der Waals surface area (Å²) in [5, 5.41) is 17.2. The van der Waals surface area contributed by atoms with E-state index in [9.17, 15) is 29.1 Å². The first-order valence-corrected chi connectivity index (χ1v) is 11.9. The Hall–Kier alpha value is -3.51. The number of hydrogen-bond donors (Lipinski definition) is 7. The molecule has 0 spiro atoms. The van der Waals surface area contributed by atoms with Crippen molar-refractivity contribution >= 4 is 29.6 Å². The van der Waals surface area contributed by atoms with Crippen molar-refractivity contribution in [2.45, 2.75) is 70.1 Å². The number of hydrogen-bond acceptors (Lipinski definition) is 7. The average Bonchev–Trinajstić information content (AvgIpc) is 2.81. The number of aliphatic carboxylic acids is 1. The predicted molar refractivity (Wildman–Crippen MR) is 133 cm³/mol. The van der Waals surface area contributed by atoms with Gasteiger partial charge in [-0.25, -0.2) is 4.79 Å². The van der Waals surface area contributed by atoms with Gasteiger partial charge in [0.25, 0.3) is 0 Å². The highest BCUT2D eigenvalue weighted by molar-refractivity contribution is 5.95. The molecule has 0 saturated heterocycles. The van der Waals surface area contributed by atoms with E-state index in [1.807, 2.05) is 0 Å². The summed E-state index contributed by atoms with van der Waals surface area (Å²) in [7, 11) is 0. The number of carbonyl (C=O) groups excluding carboxylic acids is 4. The van der Waals surface area contributed by atoms with Gasteiger partial charge in [-0.1, -0.05) is 44.2 Å². The molecule has 0 bridgehead atoms. The van der Waals surface area contributed by atoms with Gasteiger partial charge in [0.15, 0.2) is 0 Å². The molecule has 0 aliphatic rings. The van der Waals surface area contributed by atoms with Crippen molar-refractivity contribution in [1.29, 1.82) is 0 Å². The Morgan fingerprint density at radius 3 is 2.03 bits per heavy atom. The van der Waals surface area contributed by atoms with Crippen LogP contribution < -0.4 is 33.2 Å². The Labute approximate surface area is 210 Å². The van der Waals surface area contributed by atoms with Crippen molar-refractivity contribution in [3.8, 4) is 0 Å². The Bertz CT molecular complexity index is 894. The minimum atomic E-state index is -1.23. The summed E-state index contributed by atoms with van der Waals surface area (Å²) in [4.78, 5) is 61.3. The van der Waals surface area contributed by atoms with Gasteiger partial charge in [0.2, 0.25) is 23.6 Å². The fourth-order valence-electron chi connectivity index (χ4n) is 3.45. The van der Waals surface area contributed by atoms with Crippen LogP contribution in [0.5, 0.6) is 0 Å². The van der Waals surface area contributed by atoms with Crippen molar-refractivity contribution in [2.24, 2.45) is 23.1 Å². The molecule has 0 aromatic heterocycles. The van der Waals surface area contributed by atoms with Crippen LogP contribution in [-0.2, 0) is 30.4 Å². The third kappa shape index (κ3) is 10.8. The second-order valence-corrected chi connectivity index (χ2v) is 8.94. The molecule has 1 rings (SSSR count). The fraction of sp³-hybridized carbons (Fsp3) is 0.542. The number of nitrogens with one attached hydrogen (secondary N) is 3. The maximum Gasteiger partial charge on any atom is 0.326 e. The Balaban J connectivity index is 2.95. The van der Waals surface area contributed by atoms with Crippen LogP contribution in [0.25, 0.3) is 0 Å². The van der Waals surface area contributed by atoms with E-state index in [-0.39, 0.29) is 12.8 Å². The lowest BCUT2D eigenvalue weighted by Crippen LogP contribution is -2.58. The second kappa shape index (κ2) is 15.5. The summed E-state index contributed by atoms with van der Waals surface area (Å²) in [5.41, 5.74) is 17.0. The van der Waals surface area contributed by atoms with Crippen LogP contribution in [0.4, 0.5) is 0 Å². The maximum absolute atomic E-state index is 13.1. The minimum absolute atomic E-state index is 0.0657. The van der Waals surface area contributed by atoms with E-state index < -0.39 is 66.1 Å². The number of carboxylic acid groups (broad SMARTS) is 1. The highest BCUT2D eigenvalue weighted by Gasteiger charge is 2.32. The highest BCUT2D eigenvalue weighted by atomic mass is 16.4. The van der Waals surface area contributed by atoms with Gasteiger partial charge in [-0.05, 0) is 37.3 Å². The summed E-state index contributed by atoms with van der Waals surface area (Å²) < 4.78 is 0. The van der Waals surface area contributed by atoms with Crippen LogP contribution in [0.3, 0.4) is 0 Å². The first-order chi connectivity index (χ1) is 17.0. The van der Waals surface area contributed by atoms with Crippen molar-refractivity contribution < 1.29 is 29.1 Å². The van der Waals surface area contributed by atoms with E-state index in [2.05, 4.69) is 16.0 Å². The molecule has 36 heavy (non-hydrogen) atoms. The molecule has 0 saturated carbocycles. The number of amides is 4. The highest BCUT2D eigenvalue weighted by Crippen LogP contribution is 2.09. The number of benzene rings is 1. The zero-order valence-corrected chi connectivity index (χ0v) is 20.7. The predicted octanol–water partition coefficient (Wildman–Crippen LogP) is -1.24. The van der Waals surface area contributed by atoms with Crippen LogP contribution in [0.2, 0.25) is 0 Å². The molecular formula is C24H38N6O6. The lowest BCUT2D eigenvalue weighted by Gasteiger charge is -2.27. The first kappa shape index (κ1) is 30.5. The van der Waals surface area contributed by atoms with Gasteiger partial charge >= 0.3 is 5.97 Å². The van der Waals surface area contributed by atoms with Gasteiger partial charge in [-0.15, -0.1) is 0 Å². The van der Waals surface area contributed by atoms with E-state index in [0.717, 1.165) is 5.56 Å². The van der Waals surface area contributed by atoms with Gasteiger partial charge in [-0.3, -0.25) is 19.2 Å². The second-order valence-electron chi connectivity index (χ2n) is 8.94. The molecular weight excluding hydrogens is 468 g/mol. The number of carbonyl (C=O) groups is 5. The molecule has 0 radical (unpaired) electrons. The van der Waals surface area contributed by atoms with E-state index >= 15 is 0 Å². The van der Waals surface area contributed by atoms with E-state index in [4.69, 9.17) is 17.2 Å². The molecule has 4 atom stereocenters. The van der Waals surface area contributed by atoms with Crippen LogP contribution in [-0.4, -0.2) is 65.4 Å². The zero-order valence-electron chi connectivity index (χ0n) is 20.7. The first-order valence-electron chi connectivity index (χ1n) is 11.9. The normalized spacial score (nSPS) is 14.2. The molecule has 200 valence electrons. The standard InChI is InChI=1S/C24H38N6O6/c1-14(2)20(23(34)29-18(24(35)36)12-15-8-4-3-5-9-15)30-22(33)17(10-6-7-11-25)28-21(32)16(26)13-19(27)31/h3-5,8-9,14,16-18,20H,6-7,10-13,25-26H2,1-2H3,(H2,27,31)(H,28,32)(H,29,34)(H,30,33)(H,35,36). The van der Waals surface area contributed by atoms with Crippen LogP contribution in [0, 0.1) is 5.92 Å². The summed E-state index contributed by atoms with van der Waals surface area (Å²) in [6.45, 7) is 3.78.